The first-order chi connectivity index (χ1) is 14.6. The third-order valence-corrected chi connectivity index (χ3v) is 5.22. The number of fused-ring (bicyclic) bond motifs is 1. The van der Waals surface area contributed by atoms with Crippen molar-refractivity contribution in [1.29, 1.82) is 0 Å². The first-order valence-electron chi connectivity index (χ1n) is 9.99. The highest BCUT2D eigenvalue weighted by molar-refractivity contribution is 5.94. The number of anilines is 1. The number of carbonyl (C=O) groups excluding carboxylic acids is 2. The summed E-state index contributed by atoms with van der Waals surface area (Å²) in [4.78, 5) is 30.6. The minimum absolute atomic E-state index is 0.159. The van der Waals surface area contributed by atoms with Crippen LogP contribution in [0, 0.1) is 0 Å². The summed E-state index contributed by atoms with van der Waals surface area (Å²) in [5.74, 6) is -0.368. The van der Waals surface area contributed by atoms with Gasteiger partial charge in [-0.1, -0.05) is 6.08 Å². The van der Waals surface area contributed by atoms with Gasteiger partial charge in [0.25, 0.3) is 0 Å². The molecule has 1 aliphatic heterocycles. The van der Waals surface area contributed by atoms with Crippen LogP contribution in [0.5, 0.6) is 0 Å². The number of aromatic nitrogens is 2. The third kappa shape index (κ3) is 3.91. The van der Waals surface area contributed by atoms with E-state index in [-0.39, 0.29) is 12.0 Å². The minimum Gasteiger partial charge on any atom is -0.462 e. The van der Waals surface area contributed by atoms with Gasteiger partial charge in [-0.25, -0.2) is 14.6 Å². The zero-order chi connectivity index (χ0) is 21.1. The van der Waals surface area contributed by atoms with Gasteiger partial charge in [0.15, 0.2) is 0 Å². The number of hydrogen-bond acceptors (Lipinski definition) is 4. The first-order valence-corrected chi connectivity index (χ1v) is 9.99. The van der Waals surface area contributed by atoms with E-state index in [2.05, 4.69) is 28.6 Å². The number of ether oxygens (including phenoxy) is 1. The predicted molar refractivity (Wildman–Crippen MR) is 116 cm³/mol. The highest BCUT2D eigenvalue weighted by Gasteiger charge is 2.20. The molecule has 0 atom stereocenters. The number of pyridine rings is 1. The van der Waals surface area contributed by atoms with Crippen molar-refractivity contribution < 1.29 is 14.3 Å². The second-order valence-corrected chi connectivity index (χ2v) is 7.18. The van der Waals surface area contributed by atoms with Gasteiger partial charge >= 0.3 is 12.0 Å². The van der Waals surface area contributed by atoms with Gasteiger partial charge in [0.2, 0.25) is 0 Å². The van der Waals surface area contributed by atoms with Crippen molar-refractivity contribution in [2.45, 2.75) is 13.3 Å². The Hall–Kier alpha value is -3.61. The van der Waals surface area contributed by atoms with Crippen molar-refractivity contribution in [3.05, 3.63) is 66.0 Å². The number of nitrogens with zero attached hydrogens (tertiary/aromatic N) is 3. The normalized spacial score (nSPS) is 13.8. The second kappa shape index (κ2) is 8.41. The fourth-order valence-corrected chi connectivity index (χ4v) is 3.67. The molecule has 154 valence electrons. The maximum absolute atomic E-state index is 12.6. The maximum atomic E-state index is 12.6. The predicted octanol–water partition coefficient (Wildman–Crippen LogP) is 4.07. The monoisotopic (exact) mass is 404 g/mol. The topological polar surface area (TPSA) is 76.5 Å². The molecule has 0 radical (unpaired) electrons. The minimum atomic E-state index is -0.368. The molecule has 1 aliphatic rings. The number of aryl methyl sites for hydroxylation is 1. The zero-order valence-corrected chi connectivity index (χ0v) is 17.1. The summed E-state index contributed by atoms with van der Waals surface area (Å²) in [6.45, 7) is 3.27. The highest BCUT2D eigenvalue weighted by atomic mass is 16.5. The van der Waals surface area contributed by atoms with Crippen LogP contribution in [0.4, 0.5) is 10.5 Å². The quantitative estimate of drug-likeness (QED) is 0.665. The van der Waals surface area contributed by atoms with Crippen molar-refractivity contribution >= 4 is 34.3 Å². The number of benzene rings is 1. The summed E-state index contributed by atoms with van der Waals surface area (Å²) >= 11 is 0. The van der Waals surface area contributed by atoms with Crippen LogP contribution < -0.4 is 5.32 Å². The van der Waals surface area contributed by atoms with Gasteiger partial charge in [0.1, 0.15) is 5.65 Å². The van der Waals surface area contributed by atoms with Gasteiger partial charge in [-0.05, 0) is 55.3 Å². The number of urea groups is 1. The lowest BCUT2D eigenvalue weighted by molar-refractivity contribution is 0.0526. The van der Waals surface area contributed by atoms with E-state index in [0.717, 1.165) is 17.5 Å². The Labute approximate surface area is 175 Å². The molecule has 30 heavy (non-hydrogen) atoms. The molecule has 0 spiro atoms. The Bertz CT molecular complexity index is 1120. The van der Waals surface area contributed by atoms with E-state index < -0.39 is 0 Å². The average molecular weight is 404 g/mol. The van der Waals surface area contributed by atoms with Gasteiger partial charge in [-0.2, -0.15) is 0 Å². The number of nitrogens with one attached hydrogen (secondary N) is 1. The lowest BCUT2D eigenvalue weighted by Gasteiger charge is -2.26. The van der Waals surface area contributed by atoms with Gasteiger partial charge in [-0.15, -0.1) is 0 Å². The number of esters is 1. The second-order valence-electron chi connectivity index (χ2n) is 7.18. The molecule has 7 heteroatoms. The Morgan fingerprint density at radius 1 is 1.20 bits per heavy atom. The molecule has 0 fully saturated rings. The van der Waals surface area contributed by atoms with Crippen LogP contribution in [0.1, 0.15) is 29.3 Å². The summed E-state index contributed by atoms with van der Waals surface area (Å²) in [5.41, 5.74) is 4.47. The van der Waals surface area contributed by atoms with Crippen LogP contribution in [-0.4, -0.2) is 46.1 Å². The zero-order valence-electron chi connectivity index (χ0n) is 17.1. The fourth-order valence-electron chi connectivity index (χ4n) is 3.67. The molecule has 0 aliphatic carbocycles. The number of rotatable bonds is 4. The summed E-state index contributed by atoms with van der Waals surface area (Å²) in [5, 5.41) is 4.02. The molecule has 1 aromatic carbocycles. The van der Waals surface area contributed by atoms with E-state index in [1.54, 1.807) is 42.3 Å². The van der Waals surface area contributed by atoms with Crippen LogP contribution in [0.3, 0.4) is 0 Å². The molecule has 1 N–H and O–H groups in total. The molecular formula is C23H24N4O3. The van der Waals surface area contributed by atoms with Crippen molar-refractivity contribution in [1.82, 2.24) is 14.5 Å². The van der Waals surface area contributed by atoms with Gasteiger partial charge < -0.3 is 19.5 Å². The SMILES string of the molecule is CCOC(=O)c1ccc(NC(=O)N2CC=C(c3cn(C)c4ncccc34)CC2)cc1. The van der Waals surface area contributed by atoms with Gasteiger partial charge in [0.05, 0.1) is 12.2 Å². The molecule has 4 rings (SSSR count). The van der Waals surface area contributed by atoms with Crippen LogP contribution in [0.25, 0.3) is 16.6 Å². The fraction of sp³-hybridized carbons (Fsp3) is 0.261. The summed E-state index contributed by atoms with van der Waals surface area (Å²) in [6.07, 6.45) is 6.79. The van der Waals surface area contributed by atoms with E-state index in [9.17, 15) is 9.59 Å². The number of amides is 2. The van der Waals surface area contributed by atoms with Crippen LogP contribution in [0.15, 0.2) is 54.9 Å². The third-order valence-electron chi connectivity index (χ3n) is 5.22. The van der Waals surface area contributed by atoms with Crippen LogP contribution >= 0.6 is 0 Å². The molecule has 2 amide bonds. The molecule has 0 saturated carbocycles. The Balaban J connectivity index is 1.41. The Kier molecular flexibility index (Phi) is 5.52. The Morgan fingerprint density at radius 3 is 2.70 bits per heavy atom. The van der Waals surface area contributed by atoms with E-state index in [1.165, 1.54) is 11.1 Å². The summed E-state index contributed by atoms with van der Waals surface area (Å²) in [6, 6.07) is 10.6. The molecule has 3 aromatic rings. The number of hydrogen-bond donors (Lipinski definition) is 1. The van der Waals surface area contributed by atoms with E-state index >= 15 is 0 Å². The van der Waals surface area contributed by atoms with Gasteiger partial charge in [0, 0.05) is 49.2 Å². The summed E-state index contributed by atoms with van der Waals surface area (Å²) < 4.78 is 7.00. The van der Waals surface area contributed by atoms with Gasteiger partial charge in [-0.3, -0.25) is 0 Å². The molecule has 7 nitrogen and oxygen atoms in total. The molecule has 0 unspecified atom stereocenters. The maximum Gasteiger partial charge on any atom is 0.338 e. The summed E-state index contributed by atoms with van der Waals surface area (Å²) in [7, 11) is 2.00. The lowest BCUT2D eigenvalue weighted by atomic mass is 10.00. The van der Waals surface area contributed by atoms with Crippen LogP contribution in [-0.2, 0) is 11.8 Å². The molecular weight excluding hydrogens is 380 g/mol. The van der Waals surface area contributed by atoms with Crippen molar-refractivity contribution in [3.8, 4) is 0 Å². The first kappa shape index (κ1) is 19.7. The number of carbonyl (C=O) groups is 2. The largest absolute Gasteiger partial charge is 0.462 e. The standard InChI is InChI=1S/C23H24N4O3/c1-3-30-22(28)17-6-8-18(9-7-17)25-23(29)27-13-10-16(11-14-27)20-15-26(2)21-19(20)5-4-12-24-21/h4-10,12,15H,3,11,13-14H2,1-2H3,(H,25,29). The lowest BCUT2D eigenvalue weighted by Crippen LogP contribution is -2.37. The Morgan fingerprint density at radius 2 is 2.00 bits per heavy atom. The smallest absolute Gasteiger partial charge is 0.338 e. The van der Waals surface area contributed by atoms with Crippen molar-refractivity contribution in [2.75, 3.05) is 25.0 Å². The van der Waals surface area contributed by atoms with Crippen molar-refractivity contribution in [3.63, 3.8) is 0 Å². The average Bonchev–Trinajstić information content (AvgIpc) is 3.11. The van der Waals surface area contributed by atoms with E-state index in [4.69, 9.17) is 4.74 Å². The molecule has 0 bridgehead atoms. The van der Waals surface area contributed by atoms with Crippen LogP contribution in [0.2, 0.25) is 0 Å². The highest BCUT2D eigenvalue weighted by Crippen LogP contribution is 2.29. The van der Waals surface area contributed by atoms with E-state index in [0.29, 0.717) is 30.9 Å². The van der Waals surface area contributed by atoms with Crippen molar-refractivity contribution in [2.24, 2.45) is 7.05 Å². The molecule has 0 saturated heterocycles. The molecule has 2 aromatic heterocycles. The molecule has 3 heterocycles. The van der Waals surface area contributed by atoms with E-state index in [1.807, 2.05) is 17.7 Å².